The Morgan fingerprint density at radius 2 is 1.81 bits per heavy atom. The molecule has 4 aromatic rings. The summed E-state index contributed by atoms with van der Waals surface area (Å²) in [5.74, 6) is -0.919. The first-order valence-corrected chi connectivity index (χ1v) is 14.1. The van der Waals surface area contributed by atoms with E-state index in [0.29, 0.717) is 12.2 Å². The smallest absolute Gasteiger partial charge is 0.321 e. The number of likely N-dealkylation sites (N-methyl/N-ethyl adjacent to an activating group) is 1. The summed E-state index contributed by atoms with van der Waals surface area (Å²) in [6.45, 7) is 3.94. The van der Waals surface area contributed by atoms with Gasteiger partial charge in [0, 0.05) is 37.3 Å². The number of nitrogens with one attached hydrogen (secondary N) is 2. The zero-order chi connectivity index (χ0) is 30.5. The zero-order valence-electron chi connectivity index (χ0n) is 24.2. The van der Waals surface area contributed by atoms with Gasteiger partial charge in [0.1, 0.15) is 11.8 Å². The summed E-state index contributed by atoms with van der Waals surface area (Å²) in [7, 11) is 1.68. The molecular formula is C32H34N6O5. The number of benzene rings is 3. The van der Waals surface area contributed by atoms with Crippen LogP contribution in [-0.2, 0) is 0 Å². The zero-order valence-corrected chi connectivity index (χ0v) is 24.2. The van der Waals surface area contributed by atoms with Crippen LogP contribution in [0, 0.1) is 5.92 Å². The lowest BCUT2D eigenvalue weighted by Crippen LogP contribution is -2.50. The molecular weight excluding hydrogens is 548 g/mol. The van der Waals surface area contributed by atoms with Crippen molar-refractivity contribution in [2.45, 2.75) is 26.0 Å². The van der Waals surface area contributed by atoms with E-state index in [2.05, 4.69) is 20.6 Å². The van der Waals surface area contributed by atoms with Crippen molar-refractivity contribution in [2.24, 2.45) is 5.92 Å². The van der Waals surface area contributed by atoms with E-state index < -0.39 is 18.1 Å². The molecule has 3 aromatic carbocycles. The van der Waals surface area contributed by atoms with Crippen LogP contribution in [0.25, 0.3) is 10.8 Å². The van der Waals surface area contributed by atoms with E-state index in [1.165, 1.54) is 23.5 Å². The van der Waals surface area contributed by atoms with E-state index in [1.54, 1.807) is 37.1 Å². The number of para-hydroxylation sites is 1. The molecule has 2 heterocycles. The number of amides is 4. The monoisotopic (exact) mass is 582 g/mol. The van der Waals surface area contributed by atoms with Crippen LogP contribution in [0.2, 0.25) is 0 Å². The number of aromatic nitrogens is 2. The molecule has 11 nitrogen and oxygen atoms in total. The van der Waals surface area contributed by atoms with E-state index in [0.717, 1.165) is 10.8 Å². The summed E-state index contributed by atoms with van der Waals surface area (Å²) in [5.41, 5.74) is 1.30. The quantitative estimate of drug-likeness (QED) is 0.296. The molecule has 1 aliphatic rings. The maximum absolute atomic E-state index is 13.7. The molecule has 0 bridgehead atoms. The molecule has 3 N–H and O–H groups in total. The summed E-state index contributed by atoms with van der Waals surface area (Å²) in [5, 5.41) is 17.7. The molecule has 3 atom stereocenters. The molecule has 0 saturated heterocycles. The number of carbonyl (C=O) groups is 3. The van der Waals surface area contributed by atoms with Gasteiger partial charge >= 0.3 is 6.03 Å². The highest BCUT2D eigenvalue weighted by molar-refractivity contribution is 6.06. The lowest BCUT2D eigenvalue weighted by molar-refractivity contribution is 0.0372. The minimum atomic E-state index is -0.571. The molecule has 0 unspecified atom stereocenters. The number of ether oxygens (including phenoxy) is 1. The number of aliphatic hydroxyl groups excluding tert-OH is 1. The third-order valence-corrected chi connectivity index (χ3v) is 7.57. The van der Waals surface area contributed by atoms with E-state index in [4.69, 9.17) is 4.74 Å². The van der Waals surface area contributed by atoms with Crippen LogP contribution in [0.3, 0.4) is 0 Å². The Morgan fingerprint density at radius 1 is 1.07 bits per heavy atom. The first-order valence-electron chi connectivity index (χ1n) is 14.1. The molecule has 0 aliphatic carbocycles. The maximum atomic E-state index is 13.7. The molecule has 4 amide bonds. The molecule has 0 radical (unpaired) electrons. The van der Waals surface area contributed by atoms with Crippen molar-refractivity contribution in [3.8, 4) is 5.75 Å². The van der Waals surface area contributed by atoms with Gasteiger partial charge in [0.2, 0.25) is 0 Å². The van der Waals surface area contributed by atoms with Gasteiger partial charge in [0.05, 0.1) is 42.3 Å². The predicted molar refractivity (Wildman–Crippen MR) is 163 cm³/mol. The molecule has 1 aliphatic heterocycles. The van der Waals surface area contributed by atoms with Crippen LogP contribution in [0.5, 0.6) is 5.75 Å². The molecule has 1 aromatic heterocycles. The van der Waals surface area contributed by atoms with Gasteiger partial charge in [-0.05, 0) is 30.5 Å². The SMILES string of the molecule is C[C@H](CO)N1C[C@H](C)[C@H](CN(C)C(=O)Nc2cccc3ccccc23)Oc2c(NC(=O)c3cnccn3)cccc2C1=O. The third-order valence-electron chi connectivity index (χ3n) is 7.57. The fraction of sp³-hybridized carbons (Fsp3) is 0.281. The minimum absolute atomic E-state index is 0.0996. The average Bonchev–Trinajstić information content (AvgIpc) is 3.03. The largest absolute Gasteiger partial charge is 0.485 e. The van der Waals surface area contributed by atoms with Crippen molar-refractivity contribution in [3.05, 3.63) is 90.5 Å². The Hall–Kier alpha value is -5.03. The van der Waals surface area contributed by atoms with E-state index in [9.17, 15) is 19.5 Å². The summed E-state index contributed by atoms with van der Waals surface area (Å²) in [6.07, 6.45) is 3.65. The molecule has 43 heavy (non-hydrogen) atoms. The number of hydrogen-bond acceptors (Lipinski definition) is 7. The standard InChI is InChI=1S/C32H34N6O5/c1-20-17-38(21(2)19-39)31(41)24-11-7-13-26(35-30(40)27-16-33-14-15-34-27)29(24)43-28(20)18-37(3)32(42)36-25-12-6-9-22-8-4-5-10-23(22)25/h4-16,20-21,28,39H,17-19H2,1-3H3,(H,35,40)(H,36,42)/t20-,21+,28-/m0/s1. The number of carbonyl (C=O) groups excluding carboxylic acids is 3. The number of nitrogens with zero attached hydrogens (tertiary/aromatic N) is 4. The Kier molecular flexibility index (Phi) is 8.82. The van der Waals surface area contributed by atoms with Crippen LogP contribution >= 0.6 is 0 Å². The van der Waals surface area contributed by atoms with Crippen molar-refractivity contribution in [2.75, 3.05) is 37.4 Å². The van der Waals surface area contributed by atoms with E-state index in [-0.39, 0.29) is 53.7 Å². The van der Waals surface area contributed by atoms with Gasteiger partial charge in [-0.1, -0.05) is 49.4 Å². The highest BCUT2D eigenvalue weighted by atomic mass is 16.5. The van der Waals surface area contributed by atoms with E-state index >= 15 is 0 Å². The van der Waals surface area contributed by atoms with Crippen molar-refractivity contribution < 1.29 is 24.2 Å². The second-order valence-corrected chi connectivity index (χ2v) is 10.7. The van der Waals surface area contributed by atoms with Crippen molar-refractivity contribution >= 4 is 40.0 Å². The topological polar surface area (TPSA) is 137 Å². The van der Waals surface area contributed by atoms with Crippen LogP contribution in [-0.4, -0.2) is 81.6 Å². The number of urea groups is 1. The van der Waals surface area contributed by atoms with Gasteiger partial charge in [-0.15, -0.1) is 0 Å². The maximum Gasteiger partial charge on any atom is 0.321 e. The number of hydrogen-bond donors (Lipinski definition) is 3. The van der Waals surface area contributed by atoms with Gasteiger partial charge in [0.15, 0.2) is 5.75 Å². The summed E-state index contributed by atoms with van der Waals surface area (Å²) in [4.78, 5) is 51.2. The summed E-state index contributed by atoms with van der Waals surface area (Å²) >= 11 is 0. The first-order chi connectivity index (χ1) is 20.8. The summed E-state index contributed by atoms with van der Waals surface area (Å²) < 4.78 is 6.51. The van der Waals surface area contributed by atoms with Crippen LogP contribution in [0.4, 0.5) is 16.2 Å². The normalized spacial score (nSPS) is 17.2. The lowest BCUT2D eigenvalue weighted by Gasteiger charge is -2.38. The first kappa shape index (κ1) is 29.5. The average molecular weight is 583 g/mol. The van der Waals surface area contributed by atoms with Gasteiger partial charge < -0.3 is 30.3 Å². The third kappa shape index (κ3) is 6.41. The molecule has 0 fully saturated rings. The van der Waals surface area contributed by atoms with Crippen molar-refractivity contribution in [1.29, 1.82) is 0 Å². The van der Waals surface area contributed by atoms with Crippen LogP contribution in [0.1, 0.15) is 34.7 Å². The Bertz CT molecular complexity index is 1630. The van der Waals surface area contributed by atoms with Gasteiger partial charge in [-0.25, -0.2) is 9.78 Å². The number of fused-ring (bicyclic) bond motifs is 2. The Labute approximate surface area is 249 Å². The lowest BCUT2D eigenvalue weighted by atomic mass is 9.99. The van der Waals surface area contributed by atoms with Crippen molar-refractivity contribution in [3.63, 3.8) is 0 Å². The molecule has 0 spiro atoms. The number of anilines is 2. The van der Waals surface area contributed by atoms with E-state index in [1.807, 2.05) is 49.4 Å². The second-order valence-electron chi connectivity index (χ2n) is 10.7. The van der Waals surface area contributed by atoms with Gasteiger partial charge in [-0.3, -0.25) is 14.6 Å². The van der Waals surface area contributed by atoms with Crippen molar-refractivity contribution in [1.82, 2.24) is 19.8 Å². The fourth-order valence-electron chi connectivity index (χ4n) is 5.06. The number of rotatable bonds is 7. The number of aliphatic hydroxyl groups is 1. The molecule has 222 valence electrons. The highest BCUT2D eigenvalue weighted by Crippen LogP contribution is 2.35. The summed E-state index contributed by atoms with van der Waals surface area (Å²) in [6, 6.07) is 17.6. The Balaban J connectivity index is 1.44. The second kappa shape index (κ2) is 12.9. The highest BCUT2D eigenvalue weighted by Gasteiger charge is 2.35. The van der Waals surface area contributed by atoms with Crippen LogP contribution < -0.4 is 15.4 Å². The predicted octanol–water partition coefficient (Wildman–Crippen LogP) is 4.27. The fourth-order valence-corrected chi connectivity index (χ4v) is 5.06. The van der Waals surface area contributed by atoms with Crippen LogP contribution in [0.15, 0.2) is 79.3 Å². The Morgan fingerprint density at radius 3 is 2.58 bits per heavy atom. The van der Waals surface area contributed by atoms with Gasteiger partial charge in [0.25, 0.3) is 11.8 Å². The molecule has 11 heteroatoms. The van der Waals surface area contributed by atoms with Gasteiger partial charge in [-0.2, -0.15) is 0 Å². The minimum Gasteiger partial charge on any atom is -0.485 e. The molecule has 0 saturated carbocycles. The molecule has 5 rings (SSSR count).